The van der Waals surface area contributed by atoms with Gasteiger partial charge in [0, 0.05) is 18.6 Å². The molecule has 0 aliphatic carbocycles. The smallest absolute Gasteiger partial charge is 0.330 e. The summed E-state index contributed by atoms with van der Waals surface area (Å²) in [6.45, 7) is -0.0438. The lowest BCUT2D eigenvalue weighted by atomic mass is 10.2. The Morgan fingerprint density at radius 3 is 2.71 bits per heavy atom. The van der Waals surface area contributed by atoms with Gasteiger partial charge >= 0.3 is 5.69 Å². The van der Waals surface area contributed by atoms with E-state index in [2.05, 4.69) is 4.98 Å². The molecule has 0 amide bonds. The lowest BCUT2D eigenvalue weighted by Crippen LogP contribution is -2.34. The van der Waals surface area contributed by atoms with Crippen LogP contribution in [-0.2, 0) is 11.3 Å². The van der Waals surface area contributed by atoms with Gasteiger partial charge in [-0.25, -0.2) is 4.79 Å². The standard InChI is InChI=1S/C21H20FN3O6/c22-14-10-25(21(28)24-20(14)27)19-9-15(16(11-26)31-19)30-18-8-4-7-17(23-18)29-12-13-5-2-1-3-6-13/h1-8,10,15-16,19,26H,9,11-12H2,(H,24,27,28)/t15-,16+,19+/m0/s1. The monoisotopic (exact) mass is 429 g/mol. The zero-order valence-electron chi connectivity index (χ0n) is 16.3. The van der Waals surface area contributed by atoms with Crippen molar-refractivity contribution in [1.29, 1.82) is 0 Å². The molecule has 31 heavy (non-hydrogen) atoms. The molecule has 1 aromatic carbocycles. The van der Waals surface area contributed by atoms with Crippen LogP contribution in [-0.4, -0.2) is 38.5 Å². The maximum absolute atomic E-state index is 13.6. The Hall–Kier alpha value is -3.50. The number of hydrogen-bond acceptors (Lipinski definition) is 7. The summed E-state index contributed by atoms with van der Waals surface area (Å²) in [5.41, 5.74) is -0.938. The number of pyridine rings is 1. The number of ether oxygens (including phenoxy) is 3. The first-order chi connectivity index (χ1) is 15.0. The lowest BCUT2D eigenvalue weighted by molar-refractivity contribution is -0.0429. The van der Waals surface area contributed by atoms with Gasteiger partial charge in [-0.3, -0.25) is 14.3 Å². The van der Waals surface area contributed by atoms with E-state index in [1.165, 1.54) is 0 Å². The van der Waals surface area contributed by atoms with Gasteiger partial charge in [-0.1, -0.05) is 36.4 Å². The SMILES string of the molecule is O=c1[nH]c(=O)n([C@H]2C[C@H](Oc3cccc(OCc4ccccc4)n3)[C@@H](CO)O2)cc1F. The molecule has 0 spiro atoms. The van der Waals surface area contributed by atoms with Crippen LogP contribution in [0.2, 0.25) is 0 Å². The molecule has 1 aliphatic heterocycles. The van der Waals surface area contributed by atoms with E-state index in [0.29, 0.717) is 12.5 Å². The third-order valence-corrected chi connectivity index (χ3v) is 4.79. The number of nitrogens with one attached hydrogen (secondary N) is 1. The Kier molecular flexibility index (Phi) is 6.10. The van der Waals surface area contributed by atoms with Crippen LogP contribution in [0.15, 0.2) is 64.3 Å². The summed E-state index contributed by atoms with van der Waals surface area (Å²) >= 11 is 0. The minimum absolute atomic E-state index is 0.132. The molecule has 2 aromatic heterocycles. The second kappa shape index (κ2) is 9.11. The van der Waals surface area contributed by atoms with Crippen molar-refractivity contribution in [2.45, 2.75) is 31.5 Å². The molecule has 0 unspecified atom stereocenters. The van der Waals surface area contributed by atoms with E-state index in [1.54, 1.807) is 18.2 Å². The molecule has 2 N–H and O–H groups in total. The topological polar surface area (TPSA) is 116 Å². The fourth-order valence-electron chi connectivity index (χ4n) is 3.26. The molecule has 10 heteroatoms. The largest absolute Gasteiger partial charge is 0.473 e. The summed E-state index contributed by atoms with van der Waals surface area (Å²) in [5.74, 6) is -0.507. The van der Waals surface area contributed by atoms with Crippen LogP contribution < -0.4 is 20.7 Å². The molecule has 3 aromatic rings. The normalized spacial score (nSPS) is 20.5. The van der Waals surface area contributed by atoms with Crippen molar-refractivity contribution >= 4 is 0 Å². The quantitative estimate of drug-likeness (QED) is 0.583. The van der Waals surface area contributed by atoms with Gasteiger partial charge in [-0.05, 0) is 5.56 Å². The molecule has 0 bridgehead atoms. The maximum atomic E-state index is 13.6. The minimum Gasteiger partial charge on any atom is -0.473 e. The van der Waals surface area contributed by atoms with Gasteiger partial charge in [0.25, 0.3) is 5.56 Å². The third kappa shape index (κ3) is 4.81. The first-order valence-electron chi connectivity index (χ1n) is 9.61. The molecule has 3 heterocycles. The molecule has 3 atom stereocenters. The van der Waals surface area contributed by atoms with E-state index in [9.17, 15) is 19.1 Å². The van der Waals surface area contributed by atoms with Crippen molar-refractivity contribution in [2.24, 2.45) is 0 Å². The third-order valence-electron chi connectivity index (χ3n) is 4.79. The predicted molar refractivity (Wildman–Crippen MR) is 106 cm³/mol. The molecular weight excluding hydrogens is 409 g/mol. The fraction of sp³-hybridized carbons (Fsp3) is 0.286. The van der Waals surface area contributed by atoms with Crippen molar-refractivity contribution in [3.8, 4) is 11.8 Å². The van der Waals surface area contributed by atoms with Crippen molar-refractivity contribution in [2.75, 3.05) is 6.61 Å². The van der Waals surface area contributed by atoms with Gasteiger partial charge < -0.3 is 19.3 Å². The number of rotatable bonds is 7. The number of halogens is 1. The van der Waals surface area contributed by atoms with Crippen LogP contribution in [0.25, 0.3) is 0 Å². The van der Waals surface area contributed by atoms with Gasteiger partial charge in [0.1, 0.15) is 25.0 Å². The lowest BCUT2D eigenvalue weighted by Gasteiger charge is -2.17. The second-order valence-corrected chi connectivity index (χ2v) is 6.94. The first-order valence-corrected chi connectivity index (χ1v) is 9.61. The summed E-state index contributed by atoms with van der Waals surface area (Å²) < 4.78 is 31.7. The van der Waals surface area contributed by atoms with Crippen LogP contribution in [0.1, 0.15) is 18.2 Å². The Morgan fingerprint density at radius 2 is 1.94 bits per heavy atom. The summed E-state index contributed by atoms with van der Waals surface area (Å²) in [6, 6.07) is 14.6. The van der Waals surface area contributed by atoms with Gasteiger partial charge in [-0.15, -0.1) is 0 Å². The average Bonchev–Trinajstić information content (AvgIpc) is 3.18. The van der Waals surface area contributed by atoms with E-state index in [4.69, 9.17) is 14.2 Å². The molecule has 9 nitrogen and oxygen atoms in total. The van der Waals surface area contributed by atoms with E-state index in [-0.39, 0.29) is 18.9 Å². The van der Waals surface area contributed by atoms with Crippen molar-refractivity contribution in [3.63, 3.8) is 0 Å². The van der Waals surface area contributed by atoms with Crippen molar-refractivity contribution < 1.29 is 23.7 Å². The number of aromatic nitrogens is 3. The Balaban J connectivity index is 1.45. The number of aliphatic hydroxyl groups is 1. The molecule has 1 aliphatic rings. The molecule has 1 fully saturated rings. The highest BCUT2D eigenvalue weighted by molar-refractivity contribution is 5.21. The number of nitrogens with zero attached hydrogens (tertiary/aromatic N) is 2. The summed E-state index contributed by atoms with van der Waals surface area (Å²) in [6.07, 6.45) is -1.44. The van der Waals surface area contributed by atoms with Crippen LogP contribution in [0.4, 0.5) is 4.39 Å². The molecular formula is C21H20FN3O6. The maximum Gasteiger partial charge on any atom is 0.330 e. The number of H-pyrrole nitrogens is 1. The van der Waals surface area contributed by atoms with Crippen LogP contribution in [0.3, 0.4) is 0 Å². The predicted octanol–water partition coefficient (Wildman–Crippen LogP) is 1.38. The Morgan fingerprint density at radius 1 is 1.16 bits per heavy atom. The highest BCUT2D eigenvalue weighted by atomic mass is 19.1. The fourth-order valence-corrected chi connectivity index (χ4v) is 3.26. The van der Waals surface area contributed by atoms with Crippen LogP contribution in [0, 0.1) is 5.82 Å². The zero-order chi connectivity index (χ0) is 21.8. The van der Waals surface area contributed by atoms with Crippen molar-refractivity contribution in [3.05, 3.63) is 86.9 Å². The number of hydrogen-bond donors (Lipinski definition) is 2. The summed E-state index contributed by atoms with van der Waals surface area (Å²) in [4.78, 5) is 29.4. The molecule has 1 saturated heterocycles. The van der Waals surface area contributed by atoms with Gasteiger partial charge in [-0.2, -0.15) is 9.37 Å². The highest BCUT2D eigenvalue weighted by Gasteiger charge is 2.38. The Bertz CT molecular complexity index is 1150. The van der Waals surface area contributed by atoms with Crippen molar-refractivity contribution in [1.82, 2.24) is 14.5 Å². The van der Waals surface area contributed by atoms with Crippen LogP contribution >= 0.6 is 0 Å². The molecule has 0 radical (unpaired) electrons. The number of benzene rings is 1. The van der Waals surface area contributed by atoms with Gasteiger partial charge in [0.2, 0.25) is 17.6 Å². The van der Waals surface area contributed by atoms with Gasteiger partial charge in [0.05, 0.1) is 12.8 Å². The molecule has 162 valence electrons. The van der Waals surface area contributed by atoms with E-state index < -0.39 is 35.5 Å². The van der Waals surface area contributed by atoms with E-state index in [0.717, 1.165) is 16.3 Å². The molecule has 4 rings (SSSR count). The summed E-state index contributed by atoms with van der Waals surface area (Å²) in [5, 5.41) is 9.64. The second-order valence-electron chi connectivity index (χ2n) is 6.94. The minimum atomic E-state index is -1.11. The zero-order valence-corrected chi connectivity index (χ0v) is 16.3. The number of aromatic amines is 1. The van der Waals surface area contributed by atoms with Gasteiger partial charge in [0.15, 0.2) is 0 Å². The number of aliphatic hydroxyl groups excluding tert-OH is 1. The van der Waals surface area contributed by atoms with Crippen LogP contribution in [0.5, 0.6) is 11.8 Å². The average molecular weight is 429 g/mol. The first kappa shape index (κ1) is 20.8. The Labute approximate surface area is 175 Å². The van der Waals surface area contributed by atoms with E-state index >= 15 is 0 Å². The summed E-state index contributed by atoms with van der Waals surface area (Å²) in [7, 11) is 0. The van der Waals surface area contributed by atoms with E-state index in [1.807, 2.05) is 35.3 Å². The molecule has 0 saturated carbocycles. The highest BCUT2D eigenvalue weighted by Crippen LogP contribution is 2.30.